The van der Waals surface area contributed by atoms with E-state index in [1.54, 1.807) is 5.38 Å². The molecule has 1 aliphatic rings. The number of thiazole rings is 1. The van der Waals surface area contributed by atoms with Crippen LogP contribution in [0.2, 0.25) is 0 Å². The van der Waals surface area contributed by atoms with Crippen LogP contribution >= 0.6 is 11.3 Å². The Bertz CT molecular complexity index is 428. The summed E-state index contributed by atoms with van der Waals surface area (Å²) in [6.07, 6.45) is 2.03. The van der Waals surface area contributed by atoms with Crippen molar-refractivity contribution in [1.82, 2.24) is 10.3 Å². The molecule has 1 fully saturated rings. The molecule has 7 heteroatoms. The van der Waals surface area contributed by atoms with Crippen molar-refractivity contribution in [2.24, 2.45) is 0 Å². The molecule has 1 aliphatic carbocycles. The van der Waals surface area contributed by atoms with Gasteiger partial charge in [-0.05, 0) is 12.8 Å². The summed E-state index contributed by atoms with van der Waals surface area (Å²) in [6.45, 7) is 0.177. The third-order valence-corrected chi connectivity index (χ3v) is 3.08. The van der Waals surface area contributed by atoms with E-state index in [0.717, 1.165) is 12.8 Å². The SMILES string of the molecule is O=C(O)Cc1csc(NCC(=O)NC2CC2)n1. The molecule has 0 radical (unpaired) electrons. The van der Waals surface area contributed by atoms with E-state index in [4.69, 9.17) is 5.11 Å². The molecule has 1 aromatic rings. The lowest BCUT2D eigenvalue weighted by Gasteiger charge is -2.03. The van der Waals surface area contributed by atoms with Crippen LogP contribution < -0.4 is 10.6 Å². The average Bonchev–Trinajstić information content (AvgIpc) is 2.94. The number of amides is 1. The molecular formula is C10H13N3O3S. The lowest BCUT2D eigenvalue weighted by molar-refractivity contribution is -0.136. The Morgan fingerprint density at radius 1 is 1.53 bits per heavy atom. The summed E-state index contributed by atoms with van der Waals surface area (Å²) < 4.78 is 0. The van der Waals surface area contributed by atoms with Crippen LogP contribution in [0.15, 0.2) is 5.38 Å². The van der Waals surface area contributed by atoms with Crippen LogP contribution in [0.25, 0.3) is 0 Å². The molecule has 92 valence electrons. The zero-order chi connectivity index (χ0) is 12.3. The lowest BCUT2D eigenvalue weighted by atomic mass is 10.3. The van der Waals surface area contributed by atoms with Gasteiger partial charge in [-0.15, -0.1) is 11.3 Å². The van der Waals surface area contributed by atoms with Crippen molar-refractivity contribution in [3.8, 4) is 0 Å². The zero-order valence-electron chi connectivity index (χ0n) is 9.10. The molecule has 0 atom stereocenters. The fourth-order valence-corrected chi connectivity index (χ4v) is 2.00. The normalized spacial score (nSPS) is 14.4. The standard InChI is InChI=1S/C10H13N3O3S/c14-8(12-6-1-2-6)4-11-10-13-7(5-17-10)3-9(15)16/h5-6H,1-4H2,(H,11,13)(H,12,14)(H,15,16). The van der Waals surface area contributed by atoms with E-state index in [2.05, 4.69) is 15.6 Å². The van der Waals surface area contributed by atoms with E-state index >= 15 is 0 Å². The van der Waals surface area contributed by atoms with Crippen molar-refractivity contribution in [3.05, 3.63) is 11.1 Å². The summed E-state index contributed by atoms with van der Waals surface area (Å²) >= 11 is 1.30. The summed E-state index contributed by atoms with van der Waals surface area (Å²) in [5, 5.41) is 16.6. The molecule has 17 heavy (non-hydrogen) atoms. The number of nitrogens with zero attached hydrogens (tertiary/aromatic N) is 1. The zero-order valence-corrected chi connectivity index (χ0v) is 9.92. The van der Waals surface area contributed by atoms with Gasteiger partial charge in [-0.25, -0.2) is 4.98 Å². The van der Waals surface area contributed by atoms with Gasteiger partial charge >= 0.3 is 5.97 Å². The Morgan fingerprint density at radius 2 is 2.29 bits per heavy atom. The second-order valence-corrected chi connectivity index (χ2v) is 4.77. The van der Waals surface area contributed by atoms with Crippen molar-refractivity contribution >= 4 is 28.3 Å². The molecule has 1 saturated carbocycles. The summed E-state index contributed by atoms with van der Waals surface area (Å²) in [6, 6.07) is 0.350. The molecule has 0 bridgehead atoms. The molecule has 6 nitrogen and oxygen atoms in total. The molecule has 0 saturated heterocycles. The highest BCUT2D eigenvalue weighted by Crippen LogP contribution is 2.18. The van der Waals surface area contributed by atoms with Gasteiger partial charge in [0, 0.05) is 11.4 Å². The third kappa shape index (κ3) is 4.03. The van der Waals surface area contributed by atoms with Gasteiger partial charge in [-0.2, -0.15) is 0 Å². The smallest absolute Gasteiger partial charge is 0.309 e. The average molecular weight is 255 g/mol. The minimum atomic E-state index is -0.909. The number of aromatic nitrogens is 1. The van der Waals surface area contributed by atoms with Crippen LogP contribution in [0.1, 0.15) is 18.5 Å². The summed E-state index contributed by atoms with van der Waals surface area (Å²) in [4.78, 5) is 25.9. The van der Waals surface area contributed by atoms with Gasteiger partial charge < -0.3 is 15.7 Å². The molecule has 1 amide bonds. The monoisotopic (exact) mass is 255 g/mol. The van der Waals surface area contributed by atoms with Crippen molar-refractivity contribution in [2.45, 2.75) is 25.3 Å². The highest BCUT2D eigenvalue weighted by atomic mass is 32.1. The first-order valence-corrected chi connectivity index (χ1v) is 6.21. The van der Waals surface area contributed by atoms with Gasteiger partial charge in [0.1, 0.15) is 0 Å². The first-order chi connectivity index (χ1) is 8.13. The van der Waals surface area contributed by atoms with Gasteiger partial charge in [0.05, 0.1) is 18.7 Å². The van der Waals surface area contributed by atoms with Crippen LogP contribution in [0.5, 0.6) is 0 Å². The second kappa shape index (κ2) is 5.13. The Labute approximate surface area is 102 Å². The lowest BCUT2D eigenvalue weighted by Crippen LogP contribution is -2.31. The molecule has 0 spiro atoms. The Balaban J connectivity index is 1.75. The number of carbonyl (C=O) groups is 2. The Kier molecular flexibility index (Phi) is 3.58. The number of rotatable bonds is 6. The molecule has 0 unspecified atom stereocenters. The number of aliphatic carboxylic acids is 1. The molecule has 1 aromatic heterocycles. The minimum absolute atomic E-state index is 0.0533. The van der Waals surface area contributed by atoms with Gasteiger partial charge in [0.25, 0.3) is 0 Å². The minimum Gasteiger partial charge on any atom is -0.481 e. The summed E-state index contributed by atoms with van der Waals surface area (Å²) in [5.74, 6) is -0.962. The fraction of sp³-hybridized carbons (Fsp3) is 0.500. The summed E-state index contributed by atoms with van der Waals surface area (Å²) in [7, 11) is 0. The first kappa shape index (κ1) is 11.8. The number of carboxylic acid groups (broad SMARTS) is 1. The third-order valence-electron chi connectivity index (χ3n) is 2.23. The topological polar surface area (TPSA) is 91.3 Å². The van der Waals surface area contributed by atoms with E-state index in [0.29, 0.717) is 16.9 Å². The number of carbonyl (C=O) groups excluding carboxylic acids is 1. The number of hydrogen-bond acceptors (Lipinski definition) is 5. The predicted octanol–water partition coefficient (Wildman–Crippen LogP) is 0.461. The molecule has 0 aromatic carbocycles. The maximum absolute atomic E-state index is 11.4. The molecule has 0 aliphatic heterocycles. The fourth-order valence-electron chi connectivity index (χ4n) is 1.29. The second-order valence-electron chi connectivity index (χ2n) is 3.91. The Hall–Kier alpha value is -1.63. The van der Waals surface area contributed by atoms with Crippen molar-refractivity contribution in [2.75, 3.05) is 11.9 Å². The number of hydrogen-bond donors (Lipinski definition) is 3. The van der Waals surface area contributed by atoms with E-state index in [1.807, 2.05) is 0 Å². The number of carboxylic acids is 1. The van der Waals surface area contributed by atoms with Crippen LogP contribution in [0.3, 0.4) is 0 Å². The van der Waals surface area contributed by atoms with Gasteiger partial charge in [0.2, 0.25) is 5.91 Å². The number of anilines is 1. The van der Waals surface area contributed by atoms with Gasteiger partial charge in [-0.1, -0.05) is 0 Å². The maximum Gasteiger partial charge on any atom is 0.309 e. The number of nitrogens with one attached hydrogen (secondary N) is 2. The molecule has 2 rings (SSSR count). The molecular weight excluding hydrogens is 242 g/mol. The van der Waals surface area contributed by atoms with Gasteiger partial charge in [0.15, 0.2) is 5.13 Å². The van der Waals surface area contributed by atoms with Crippen LogP contribution in [-0.4, -0.2) is 34.6 Å². The molecule has 1 heterocycles. The van der Waals surface area contributed by atoms with Crippen molar-refractivity contribution < 1.29 is 14.7 Å². The van der Waals surface area contributed by atoms with E-state index in [1.165, 1.54) is 11.3 Å². The highest BCUT2D eigenvalue weighted by Gasteiger charge is 2.22. The molecule has 3 N–H and O–H groups in total. The Morgan fingerprint density at radius 3 is 2.94 bits per heavy atom. The highest BCUT2D eigenvalue weighted by molar-refractivity contribution is 7.13. The quantitative estimate of drug-likeness (QED) is 0.687. The van der Waals surface area contributed by atoms with Crippen molar-refractivity contribution in [3.63, 3.8) is 0 Å². The van der Waals surface area contributed by atoms with E-state index < -0.39 is 5.97 Å². The van der Waals surface area contributed by atoms with E-state index in [9.17, 15) is 9.59 Å². The van der Waals surface area contributed by atoms with E-state index in [-0.39, 0.29) is 18.9 Å². The van der Waals surface area contributed by atoms with Crippen LogP contribution in [-0.2, 0) is 16.0 Å². The first-order valence-electron chi connectivity index (χ1n) is 5.33. The summed E-state index contributed by atoms with van der Waals surface area (Å²) in [5.41, 5.74) is 0.507. The maximum atomic E-state index is 11.4. The van der Waals surface area contributed by atoms with Crippen LogP contribution in [0.4, 0.5) is 5.13 Å². The largest absolute Gasteiger partial charge is 0.481 e. The van der Waals surface area contributed by atoms with Crippen LogP contribution in [0, 0.1) is 0 Å². The van der Waals surface area contributed by atoms with Gasteiger partial charge in [-0.3, -0.25) is 9.59 Å². The van der Waals surface area contributed by atoms with Crippen molar-refractivity contribution in [1.29, 1.82) is 0 Å². The predicted molar refractivity (Wildman–Crippen MR) is 63.1 cm³/mol.